The second-order valence-corrected chi connectivity index (χ2v) is 8.96. The zero-order valence-electron chi connectivity index (χ0n) is 18.8. The van der Waals surface area contributed by atoms with Crippen LogP contribution in [-0.4, -0.2) is 47.1 Å². The Morgan fingerprint density at radius 1 is 1.06 bits per heavy atom. The van der Waals surface area contributed by atoms with E-state index < -0.39 is 12.7 Å². The number of alkyl halides is 1. The van der Waals surface area contributed by atoms with Crippen LogP contribution in [0.1, 0.15) is 47.3 Å². The first-order chi connectivity index (χ1) is 16.6. The molecule has 8 heteroatoms. The molecule has 4 heterocycles. The Hall–Kier alpha value is -3.81. The van der Waals surface area contributed by atoms with E-state index in [0.717, 1.165) is 24.0 Å². The smallest absolute Gasteiger partial charge is 0.260 e. The first kappa shape index (κ1) is 20.8. The van der Waals surface area contributed by atoms with Gasteiger partial charge in [0.2, 0.25) is 5.91 Å². The maximum Gasteiger partial charge on any atom is 0.260 e. The summed E-state index contributed by atoms with van der Waals surface area (Å²) in [5, 5.41) is 0. The largest absolute Gasteiger partial charge is 0.340 e. The van der Waals surface area contributed by atoms with Crippen LogP contribution < -0.4 is 14.7 Å². The number of benzene rings is 1. The van der Waals surface area contributed by atoms with Gasteiger partial charge in [0.15, 0.2) is 5.82 Å². The van der Waals surface area contributed by atoms with Crippen LogP contribution in [0.15, 0.2) is 60.9 Å². The lowest BCUT2D eigenvalue weighted by Gasteiger charge is -2.41. The quantitative estimate of drug-likeness (QED) is 0.581. The molecule has 6 rings (SSSR count). The van der Waals surface area contributed by atoms with Gasteiger partial charge in [-0.25, -0.2) is 9.37 Å². The van der Waals surface area contributed by atoms with E-state index in [2.05, 4.69) is 4.98 Å². The Kier molecular flexibility index (Phi) is 4.83. The minimum absolute atomic E-state index is 0.0118. The Balaban J connectivity index is 1.50. The maximum atomic E-state index is 13.6. The molecule has 172 valence electrons. The van der Waals surface area contributed by atoms with Crippen molar-refractivity contribution in [3.8, 4) is 0 Å². The fourth-order valence-corrected chi connectivity index (χ4v) is 5.19. The van der Waals surface area contributed by atoms with E-state index in [-0.39, 0.29) is 30.4 Å². The molecule has 34 heavy (non-hydrogen) atoms. The summed E-state index contributed by atoms with van der Waals surface area (Å²) in [4.78, 5) is 41.1. The summed E-state index contributed by atoms with van der Waals surface area (Å²) in [6.07, 6.45) is 5.45. The van der Waals surface area contributed by atoms with Crippen molar-refractivity contribution in [1.82, 2.24) is 9.97 Å². The third-order valence-electron chi connectivity index (χ3n) is 6.87. The van der Waals surface area contributed by atoms with Crippen LogP contribution in [0.2, 0.25) is 0 Å². The van der Waals surface area contributed by atoms with Gasteiger partial charge in [-0.3, -0.25) is 19.5 Å². The fourth-order valence-electron chi connectivity index (χ4n) is 5.19. The predicted octanol–water partition coefficient (Wildman–Crippen LogP) is 3.90. The number of nitrogens with zero attached hydrogens (tertiary/aromatic N) is 5. The van der Waals surface area contributed by atoms with Crippen LogP contribution in [0.25, 0.3) is 0 Å². The first-order valence-corrected chi connectivity index (χ1v) is 11.6. The number of hydrogen-bond acceptors (Lipinski definition) is 5. The van der Waals surface area contributed by atoms with Crippen LogP contribution in [0.5, 0.6) is 0 Å². The minimum Gasteiger partial charge on any atom is -0.340 e. The standard InChI is InChI=1S/C26H24FN5O2/c1-16-25(33)30(14-12-27)21-10-11-22(29-24(21)31(16)18-8-9-18)32-23(17-5-4-13-28-15-17)19-6-2-3-7-20(19)26(32)34/h2-7,10-11,13,15-16,18,23H,8-9,12,14H2,1H3. The van der Waals surface area contributed by atoms with Crippen LogP contribution in [0.3, 0.4) is 0 Å². The molecule has 7 nitrogen and oxygen atoms in total. The van der Waals surface area contributed by atoms with Crippen molar-refractivity contribution >= 4 is 29.1 Å². The predicted molar refractivity (Wildman–Crippen MR) is 127 cm³/mol. The molecule has 1 saturated carbocycles. The van der Waals surface area contributed by atoms with E-state index in [4.69, 9.17) is 4.98 Å². The molecule has 2 aliphatic heterocycles. The molecule has 3 aliphatic rings. The number of anilines is 3. The maximum absolute atomic E-state index is 13.6. The van der Waals surface area contributed by atoms with E-state index in [9.17, 15) is 14.0 Å². The van der Waals surface area contributed by atoms with E-state index >= 15 is 0 Å². The topological polar surface area (TPSA) is 69.6 Å². The Morgan fingerprint density at radius 2 is 1.88 bits per heavy atom. The monoisotopic (exact) mass is 457 g/mol. The van der Waals surface area contributed by atoms with Gasteiger partial charge in [0.1, 0.15) is 18.5 Å². The van der Waals surface area contributed by atoms with Crippen LogP contribution in [0.4, 0.5) is 21.7 Å². The number of amides is 2. The minimum atomic E-state index is -0.633. The molecule has 0 saturated heterocycles. The summed E-state index contributed by atoms with van der Waals surface area (Å²) in [5.74, 6) is 0.885. The van der Waals surface area contributed by atoms with Gasteiger partial charge in [0.05, 0.1) is 18.3 Å². The number of pyridine rings is 2. The van der Waals surface area contributed by atoms with E-state index in [1.54, 1.807) is 29.4 Å². The summed E-state index contributed by atoms with van der Waals surface area (Å²) in [5.41, 5.74) is 3.03. The lowest BCUT2D eigenvalue weighted by Crippen LogP contribution is -2.54. The molecule has 0 N–H and O–H groups in total. The van der Waals surface area contributed by atoms with Gasteiger partial charge in [-0.1, -0.05) is 24.3 Å². The third-order valence-corrected chi connectivity index (χ3v) is 6.87. The first-order valence-electron chi connectivity index (χ1n) is 11.6. The van der Waals surface area contributed by atoms with Gasteiger partial charge < -0.3 is 9.80 Å². The van der Waals surface area contributed by atoms with Gasteiger partial charge in [0, 0.05) is 24.0 Å². The SMILES string of the molecule is CC1C(=O)N(CCF)c2ccc(N3C(=O)c4ccccc4C3c3cccnc3)nc2N1C1CC1. The van der Waals surface area contributed by atoms with Gasteiger partial charge in [-0.05, 0) is 55.2 Å². The van der Waals surface area contributed by atoms with Crippen LogP contribution in [0, 0.1) is 0 Å². The lowest BCUT2D eigenvalue weighted by atomic mass is 9.99. The normalized spacial score (nSPS) is 21.6. The molecule has 1 aliphatic carbocycles. The van der Waals surface area contributed by atoms with Crippen LogP contribution in [-0.2, 0) is 4.79 Å². The number of aromatic nitrogens is 2. The van der Waals surface area contributed by atoms with Crippen molar-refractivity contribution in [2.45, 2.75) is 37.9 Å². The van der Waals surface area contributed by atoms with Crippen molar-refractivity contribution in [2.24, 2.45) is 0 Å². The number of carbonyl (C=O) groups excluding carboxylic acids is 2. The summed E-state index contributed by atoms with van der Waals surface area (Å²) >= 11 is 0. The highest BCUT2D eigenvalue weighted by Crippen LogP contribution is 2.45. The highest BCUT2D eigenvalue weighted by Gasteiger charge is 2.45. The van der Waals surface area contributed by atoms with Gasteiger partial charge in [0.25, 0.3) is 5.91 Å². The molecule has 2 atom stereocenters. The van der Waals surface area contributed by atoms with E-state index in [0.29, 0.717) is 22.9 Å². The van der Waals surface area contributed by atoms with E-state index in [1.165, 1.54) is 4.90 Å². The highest BCUT2D eigenvalue weighted by atomic mass is 19.1. The molecule has 2 amide bonds. The Morgan fingerprint density at radius 3 is 2.62 bits per heavy atom. The average Bonchev–Trinajstić information content (AvgIpc) is 3.66. The van der Waals surface area contributed by atoms with Gasteiger partial charge in [-0.2, -0.15) is 0 Å². The number of carbonyl (C=O) groups is 2. The van der Waals surface area contributed by atoms with Crippen molar-refractivity contribution in [2.75, 3.05) is 27.9 Å². The van der Waals surface area contributed by atoms with Crippen molar-refractivity contribution in [1.29, 1.82) is 0 Å². The second kappa shape index (κ2) is 7.90. The summed E-state index contributed by atoms with van der Waals surface area (Å²) < 4.78 is 13.3. The van der Waals surface area contributed by atoms with Crippen molar-refractivity contribution in [3.63, 3.8) is 0 Å². The Bertz CT molecular complexity index is 1280. The highest BCUT2D eigenvalue weighted by molar-refractivity contribution is 6.12. The summed E-state index contributed by atoms with van der Waals surface area (Å²) in [6, 6.07) is 14.4. The van der Waals surface area contributed by atoms with Crippen molar-refractivity contribution in [3.05, 3.63) is 77.6 Å². The Labute approximate surface area is 196 Å². The van der Waals surface area contributed by atoms with Gasteiger partial charge >= 0.3 is 0 Å². The molecule has 0 bridgehead atoms. The molecular formula is C26H24FN5O2. The number of hydrogen-bond donors (Lipinski definition) is 0. The molecular weight excluding hydrogens is 433 g/mol. The number of rotatable bonds is 5. The average molecular weight is 458 g/mol. The zero-order chi connectivity index (χ0) is 23.4. The number of fused-ring (bicyclic) bond motifs is 2. The van der Waals surface area contributed by atoms with Crippen LogP contribution >= 0.6 is 0 Å². The molecule has 2 unspecified atom stereocenters. The number of halogens is 1. The molecule has 1 aromatic carbocycles. The molecule has 1 fully saturated rings. The second-order valence-electron chi connectivity index (χ2n) is 8.96. The fraction of sp³-hybridized carbons (Fsp3) is 0.308. The van der Waals surface area contributed by atoms with Crippen molar-refractivity contribution < 1.29 is 14.0 Å². The lowest BCUT2D eigenvalue weighted by molar-refractivity contribution is -0.120. The zero-order valence-corrected chi connectivity index (χ0v) is 18.8. The molecule has 3 aromatic rings. The summed E-state index contributed by atoms with van der Waals surface area (Å²) in [7, 11) is 0. The summed E-state index contributed by atoms with van der Waals surface area (Å²) in [6.45, 7) is 1.20. The molecule has 0 spiro atoms. The molecule has 2 aromatic heterocycles. The van der Waals surface area contributed by atoms with Gasteiger partial charge in [-0.15, -0.1) is 0 Å². The molecule has 0 radical (unpaired) electrons. The van der Waals surface area contributed by atoms with E-state index in [1.807, 2.05) is 48.2 Å². The third kappa shape index (κ3) is 3.09.